The van der Waals surface area contributed by atoms with Crippen LogP contribution in [0, 0.1) is 0 Å². The van der Waals surface area contributed by atoms with Crippen molar-refractivity contribution < 1.29 is 9.53 Å². The van der Waals surface area contributed by atoms with Crippen molar-refractivity contribution in [2.75, 3.05) is 7.05 Å². The van der Waals surface area contributed by atoms with E-state index in [1.807, 2.05) is 54.6 Å². The zero-order valence-electron chi connectivity index (χ0n) is 16.5. The van der Waals surface area contributed by atoms with Gasteiger partial charge < -0.3 is 4.74 Å². The second kappa shape index (κ2) is 9.56. The summed E-state index contributed by atoms with van der Waals surface area (Å²) in [4.78, 5) is 23.2. The van der Waals surface area contributed by atoms with Crippen LogP contribution in [0.15, 0.2) is 76.9 Å². The first-order valence-electron chi connectivity index (χ1n) is 9.33. The molecule has 5 nitrogen and oxygen atoms in total. The van der Waals surface area contributed by atoms with Crippen LogP contribution in [0.1, 0.15) is 11.1 Å². The summed E-state index contributed by atoms with van der Waals surface area (Å²) in [6.07, 6.45) is 4.96. The van der Waals surface area contributed by atoms with Crippen LogP contribution in [0.4, 0.5) is 5.69 Å². The van der Waals surface area contributed by atoms with Gasteiger partial charge in [-0.1, -0.05) is 53.5 Å². The lowest BCUT2D eigenvalue weighted by atomic mass is 10.2. The lowest BCUT2D eigenvalue weighted by Crippen LogP contribution is -2.23. The number of amidine groups is 1. The monoisotopic (exact) mass is 469 g/mol. The Hall–Kier alpha value is -2.80. The number of benzene rings is 2. The number of rotatable bonds is 5. The summed E-state index contributed by atoms with van der Waals surface area (Å²) in [6.45, 7) is 0.386. The van der Waals surface area contributed by atoms with E-state index in [0.717, 1.165) is 16.9 Å². The third-order valence-electron chi connectivity index (χ3n) is 4.50. The summed E-state index contributed by atoms with van der Waals surface area (Å²) in [6, 6.07) is 16.8. The van der Waals surface area contributed by atoms with Crippen LogP contribution in [0.25, 0.3) is 6.08 Å². The molecule has 0 atom stereocenters. The Morgan fingerprint density at radius 1 is 1.10 bits per heavy atom. The molecule has 2 heterocycles. The van der Waals surface area contributed by atoms with Crippen LogP contribution in [0.5, 0.6) is 5.75 Å². The highest BCUT2D eigenvalue weighted by molar-refractivity contribution is 8.18. The molecule has 0 spiro atoms. The summed E-state index contributed by atoms with van der Waals surface area (Å²) in [5.41, 5.74) is 2.38. The summed E-state index contributed by atoms with van der Waals surface area (Å²) in [5, 5.41) is 1.67. The minimum Gasteiger partial charge on any atom is -0.489 e. The van der Waals surface area contributed by atoms with Gasteiger partial charge in [0.1, 0.15) is 12.4 Å². The molecule has 2 aromatic carbocycles. The predicted octanol–water partition coefficient (Wildman–Crippen LogP) is 6.20. The number of carbonyl (C=O) groups is 1. The third kappa shape index (κ3) is 5.10. The lowest BCUT2D eigenvalue weighted by Gasteiger charge is -2.08. The molecule has 0 bridgehead atoms. The maximum Gasteiger partial charge on any atom is 0.266 e. The maximum absolute atomic E-state index is 12.6. The molecule has 3 aromatic rings. The van der Waals surface area contributed by atoms with E-state index in [0.29, 0.717) is 32.4 Å². The van der Waals surface area contributed by atoms with Gasteiger partial charge >= 0.3 is 0 Å². The van der Waals surface area contributed by atoms with E-state index in [-0.39, 0.29) is 5.91 Å². The maximum atomic E-state index is 12.6. The van der Waals surface area contributed by atoms with E-state index in [1.165, 1.54) is 22.9 Å². The van der Waals surface area contributed by atoms with Crippen LogP contribution in [0.3, 0.4) is 0 Å². The van der Waals surface area contributed by atoms with Crippen LogP contribution in [-0.2, 0) is 11.4 Å². The van der Waals surface area contributed by atoms with E-state index < -0.39 is 0 Å². The van der Waals surface area contributed by atoms with Crippen molar-refractivity contribution in [2.45, 2.75) is 6.61 Å². The number of halogens is 2. The number of pyridine rings is 1. The molecule has 1 fully saturated rings. The molecule has 0 aliphatic carbocycles. The number of likely N-dealkylation sites (N-methyl/N-ethyl adjacent to an activating group) is 1. The van der Waals surface area contributed by atoms with Crippen LogP contribution in [-0.4, -0.2) is 28.0 Å². The smallest absolute Gasteiger partial charge is 0.266 e. The SMILES string of the molecule is CN1C(=O)/C(=C/c2ccc(OCc3ccccc3Cl)cc2)SC1=Nc1ccncc1Cl. The molecule has 0 unspecified atom stereocenters. The molecule has 0 N–H and O–H groups in total. The summed E-state index contributed by atoms with van der Waals surface area (Å²) in [7, 11) is 1.69. The number of nitrogens with zero attached hydrogens (tertiary/aromatic N) is 3. The van der Waals surface area contributed by atoms with Crippen molar-refractivity contribution in [1.82, 2.24) is 9.88 Å². The van der Waals surface area contributed by atoms with E-state index >= 15 is 0 Å². The largest absolute Gasteiger partial charge is 0.489 e. The molecule has 1 aliphatic heterocycles. The first-order chi connectivity index (χ1) is 15.0. The van der Waals surface area contributed by atoms with Gasteiger partial charge in [-0.2, -0.15) is 0 Å². The van der Waals surface area contributed by atoms with Gasteiger partial charge in [-0.05, 0) is 47.7 Å². The van der Waals surface area contributed by atoms with Gasteiger partial charge in [0.2, 0.25) is 0 Å². The molecule has 0 radical (unpaired) electrons. The minimum atomic E-state index is -0.118. The molecule has 4 rings (SSSR count). The van der Waals surface area contributed by atoms with Crippen LogP contribution >= 0.6 is 35.0 Å². The minimum absolute atomic E-state index is 0.118. The average Bonchev–Trinajstić information content (AvgIpc) is 3.03. The number of amides is 1. The number of aromatic nitrogens is 1. The van der Waals surface area contributed by atoms with Crippen molar-refractivity contribution in [3.8, 4) is 5.75 Å². The fraction of sp³-hybridized carbons (Fsp3) is 0.0870. The number of thioether (sulfide) groups is 1. The zero-order chi connectivity index (χ0) is 21.8. The summed E-state index contributed by atoms with van der Waals surface area (Å²) in [5.74, 6) is 0.604. The lowest BCUT2D eigenvalue weighted by molar-refractivity contribution is -0.121. The van der Waals surface area contributed by atoms with Crippen molar-refractivity contribution in [1.29, 1.82) is 0 Å². The topological polar surface area (TPSA) is 54.8 Å². The van der Waals surface area contributed by atoms with Crippen molar-refractivity contribution in [2.24, 2.45) is 4.99 Å². The molecular formula is C23H17Cl2N3O2S. The second-order valence-electron chi connectivity index (χ2n) is 6.65. The fourth-order valence-electron chi connectivity index (χ4n) is 2.80. The van der Waals surface area contributed by atoms with E-state index in [4.69, 9.17) is 27.9 Å². The molecule has 156 valence electrons. The molecule has 1 amide bonds. The number of hydrogen-bond donors (Lipinski definition) is 0. The van der Waals surface area contributed by atoms with Gasteiger partial charge in [-0.25, -0.2) is 4.99 Å². The highest BCUT2D eigenvalue weighted by atomic mass is 35.5. The fourth-order valence-corrected chi connectivity index (χ4v) is 4.13. The molecular weight excluding hydrogens is 453 g/mol. The van der Waals surface area contributed by atoms with Crippen molar-refractivity contribution in [3.05, 3.63) is 93.1 Å². The Morgan fingerprint density at radius 2 is 1.87 bits per heavy atom. The third-order valence-corrected chi connectivity index (χ3v) is 6.22. The first kappa shape index (κ1) is 21.4. The average molecular weight is 470 g/mol. The van der Waals surface area contributed by atoms with Crippen molar-refractivity contribution in [3.63, 3.8) is 0 Å². The summed E-state index contributed by atoms with van der Waals surface area (Å²) < 4.78 is 5.81. The Kier molecular flexibility index (Phi) is 6.61. The molecule has 1 saturated heterocycles. The van der Waals surface area contributed by atoms with Gasteiger partial charge in [-0.3, -0.25) is 14.7 Å². The van der Waals surface area contributed by atoms with Gasteiger partial charge in [0, 0.05) is 30.0 Å². The molecule has 31 heavy (non-hydrogen) atoms. The Labute approximate surface area is 194 Å². The molecule has 1 aromatic heterocycles. The quantitative estimate of drug-likeness (QED) is 0.417. The Morgan fingerprint density at radius 3 is 2.61 bits per heavy atom. The standard InChI is InChI=1S/C23H17Cl2N3O2S/c1-28-22(29)21(31-23(28)27-20-10-11-26-13-19(20)25)12-15-6-8-17(9-7-15)30-14-16-4-2-3-5-18(16)24/h2-13H,14H2,1H3/b21-12-,27-23?. The Bertz CT molecular complexity index is 1180. The van der Waals surface area contributed by atoms with Gasteiger partial charge in [-0.15, -0.1) is 0 Å². The van der Waals surface area contributed by atoms with Crippen LogP contribution in [0.2, 0.25) is 10.0 Å². The van der Waals surface area contributed by atoms with Crippen LogP contribution < -0.4 is 4.74 Å². The highest BCUT2D eigenvalue weighted by Crippen LogP contribution is 2.34. The van der Waals surface area contributed by atoms with E-state index in [1.54, 1.807) is 19.3 Å². The number of ether oxygens (including phenoxy) is 1. The molecule has 8 heteroatoms. The number of carbonyl (C=O) groups excluding carboxylic acids is 1. The molecule has 1 aliphatic rings. The van der Waals surface area contributed by atoms with Gasteiger partial charge in [0.15, 0.2) is 5.17 Å². The summed E-state index contributed by atoms with van der Waals surface area (Å²) >= 11 is 13.6. The predicted molar refractivity (Wildman–Crippen MR) is 127 cm³/mol. The van der Waals surface area contributed by atoms with Gasteiger partial charge in [0.25, 0.3) is 5.91 Å². The normalized spacial score (nSPS) is 16.4. The second-order valence-corrected chi connectivity index (χ2v) is 8.47. The Balaban J connectivity index is 1.46. The number of aliphatic imine (C=N–C) groups is 1. The first-order valence-corrected chi connectivity index (χ1v) is 10.9. The highest BCUT2D eigenvalue weighted by Gasteiger charge is 2.30. The van der Waals surface area contributed by atoms with E-state index in [2.05, 4.69) is 9.98 Å². The zero-order valence-corrected chi connectivity index (χ0v) is 18.8. The number of hydrogen-bond acceptors (Lipinski definition) is 5. The van der Waals surface area contributed by atoms with Crippen molar-refractivity contribution >= 4 is 57.8 Å². The van der Waals surface area contributed by atoms with Gasteiger partial charge in [0.05, 0.1) is 15.6 Å². The molecule has 0 saturated carbocycles. The van der Waals surface area contributed by atoms with E-state index in [9.17, 15) is 4.79 Å².